The van der Waals surface area contributed by atoms with Crippen LogP contribution in [0.25, 0.3) is 0 Å². The smallest absolute Gasteiger partial charge is 0.261 e. The van der Waals surface area contributed by atoms with Crippen LogP contribution in [0, 0.1) is 6.92 Å². The van der Waals surface area contributed by atoms with Crippen LogP contribution in [0.5, 0.6) is 0 Å². The van der Waals surface area contributed by atoms with E-state index in [2.05, 4.69) is 11.2 Å². The first-order valence-corrected chi connectivity index (χ1v) is 7.23. The number of rotatable bonds is 3. The molecule has 1 aliphatic heterocycles. The fourth-order valence-electron chi connectivity index (χ4n) is 3.09. The predicted molar refractivity (Wildman–Crippen MR) is 82.5 cm³/mol. The lowest BCUT2D eigenvalue weighted by molar-refractivity contribution is 0.0987. The summed E-state index contributed by atoms with van der Waals surface area (Å²) in [6.45, 7) is 3.20. The Hall–Kier alpha value is -2.14. The first-order valence-electron chi connectivity index (χ1n) is 7.23. The summed E-state index contributed by atoms with van der Waals surface area (Å²) in [7, 11) is 1.83. The molecule has 5 heteroatoms. The molecule has 1 aromatic heterocycles. The van der Waals surface area contributed by atoms with E-state index in [1.54, 1.807) is 10.9 Å². The number of hydrogen-bond acceptors (Lipinski definition) is 3. The van der Waals surface area contributed by atoms with Gasteiger partial charge in [-0.1, -0.05) is 18.2 Å². The molecule has 110 valence electrons. The van der Waals surface area contributed by atoms with Crippen molar-refractivity contribution < 1.29 is 4.79 Å². The molecule has 1 amide bonds. The minimum absolute atomic E-state index is 0.0209. The Labute approximate surface area is 124 Å². The molecule has 0 fully saturated rings. The number of hydrogen-bond donors (Lipinski definition) is 1. The quantitative estimate of drug-likeness (QED) is 0.935. The van der Waals surface area contributed by atoms with E-state index in [0.717, 1.165) is 17.8 Å². The summed E-state index contributed by atoms with van der Waals surface area (Å²) < 4.78 is 1.68. The van der Waals surface area contributed by atoms with Crippen molar-refractivity contribution in [3.63, 3.8) is 0 Å². The highest BCUT2D eigenvalue weighted by Crippen LogP contribution is 2.38. The van der Waals surface area contributed by atoms with Gasteiger partial charge in [0.2, 0.25) is 0 Å². The highest BCUT2D eigenvalue weighted by molar-refractivity contribution is 6.08. The molecule has 1 aromatic carbocycles. The zero-order valence-corrected chi connectivity index (χ0v) is 12.4. The zero-order chi connectivity index (χ0) is 15.0. The molecule has 2 aromatic rings. The molecule has 2 heterocycles. The molecule has 1 atom stereocenters. The number of amides is 1. The number of anilines is 1. The number of aromatic nitrogens is 2. The minimum Gasteiger partial charge on any atom is -0.330 e. The Kier molecular flexibility index (Phi) is 3.51. The number of fused-ring (bicyclic) bond motifs is 1. The van der Waals surface area contributed by atoms with E-state index in [-0.39, 0.29) is 5.91 Å². The average Bonchev–Trinajstić information content (AvgIpc) is 3.00. The predicted octanol–water partition coefficient (Wildman–Crippen LogP) is 1.82. The highest BCUT2D eigenvalue weighted by Gasteiger charge is 2.33. The second kappa shape index (κ2) is 5.33. The number of carbonyl (C=O) groups excluding carboxylic acids is 1. The lowest BCUT2D eigenvalue weighted by atomic mass is 9.98. The molecule has 0 radical (unpaired) electrons. The van der Waals surface area contributed by atoms with Crippen molar-refractivity contribution in [2.45, 2.75) is 19.3 Å². The van der Waals surface area contributed by atoms with Gasteiger partial charge in [0.1, 0.15) is 0 Å². The van der Waals surface area contributed by atoms with E-state index in [0.29, 0.717) is 24.6 Å². The molecule has 5 nitrogen and oxygen atoms in total. The van der Waals surface area contributed by atoms with E-state index in [1.807, 2.05) is 37.1 Å². The van der Waals surface area contributed by atoms with Gasteiger partial charge >= 0.3 is 0 Å². The maximum atomic E-state index is 12.8. The molecule has 0 bridgehead atoms. The van der Waals surface area contributed by atoms with Crippen molar-refractivity contribution in [1.82, 2.24) is 9.78 Å². The largest absolute Gasteiger partial charge is 0.330 e. The SMILES string of the molecule is Cc1nn(C)cc1C(=O)N1CC(CCN)c2ccccc21. The van der Waals surface area contributed by atoms with Gasteiger partial charge in [-0.3, -0.25) is 9.48 Å². The summed E-state index contributed by atoms with van der Waals surface area (Å²) >= 11 is 0. The molecule has 1 unspecified atom stereocenters. The third-order valence-electron chi connectivity index (χ3n) is 4.07. The Morgan fingerprint density at radius 1 is 1.43 bits per heavy atom. The van der Waals surface area contributed by atoms with Crippen molar-refractivity contribution in [2.24, 2.45) is 12.8 Å². The first kappa shape index (κ1) is 13.8. The van der Waals surface area contributed by atoms with Crippen LogP contribution in [0.3, 0.4) is 0 Å². The van der Waals surface area contributed by atoms with E-state index < -0.39 is 0 Å². The second-order valence-electron chi connectivity index (χ2n) is 5.55. The molecule has 0 saturated heterocycles. The van der Waals surface area contributed by atoms with Crippen molar-refractivity contribution in [3.05, 3.63) is 47.3 Å². The van der Waals surface area contributed by atoms with Crippen molar-refractivity contribution in [1.29, 1.82) is 0 Å². The van der Waals surface area contributed by atoms with Gasteiger partial charge in [0, 0.05) is 31.4 Å². The van der Waals surface area contributed by atoms with Gasteiger partial charge in [0.15, 0.2) is 0 Å². The number of aryl methyl sites for hydroxylation is 2. The summed E-state index contributed by atoms with van der Waals surface area (Å²) in [5, 5.41) is 4.26. The Morgan fingerprint density at radius 2 is 2.19 bits per heavy atom. The Morgan fingerprint density at radius 3 is 2.86 bits per heavy atom. The van der Waals surface area contributed by atoms with Gasteiger partial charge in [-0.15, -0.1) is 0 Å². The summed E-state index contributed by atoms with van der Waals surface area (Å²) in [6.07, 6.45) is 2.68. The van der Waals surface area contributed by atoms with Gasteiger partial charge in [0.25, 0.3) is 5.91 Å². The van der Waals surface area contributed by atoms with Crippen molar-refractivity contribution in [3.8, 4) is 0 Å². The molecule has 0 aliphatic carbocycles. The van der Waals surface area contributed by atoms with Crippen LogP contribution in [0.4, 0.5) is 5.69 Å². The normalized spacial score (nSPS) is 17.1. The lowest BCUT2D eigenvalue weighted by Gasteiger charge is -2.17. The molecule has 0 saturated carbocycles. The highest BCUT2D eigenvalue weighted by atomic mass is 16.2. The van der Waals surface area contributed by atoms with Crippen molar-refractivity contribution in [2.75, 3.05) is 18.0 Å². The minimum atomic E-state index is 0.0209. The summed E-state index contributed by atoms with van der Waals surface area (Å²) in [6, 6.07) is 8.10. The summed E-state index contributed by atoms with van der Waals surface area (Å²) in [5.74, 6) is 0.347. The molecule has 21 heavy (non-hydrogen) atoms. The third-order valence-corrected chi connectivity index (χ3v) is 4.07. The van der Waals surface area contributed by atoms with Crippen LogP contribution >= 0.6 is 0 Å². The maximum absolute atomic E-state index is 12.8. The van der Waals surface area contributed by atoms with Gasteiger partial charge in [0.05, 0.1) is 11.3 Å². The standard InChI is InChI=1S/C16H20N4O/c1-11-14(10-19(2)18-11)16(21)20-9-12(7-8-17)13-5-3-4-6-15(13)20/h3-6,10,12H,7-9,17H2,1-2H3. The van der Waals surface area contributed by atoms with Gasteiger partial charge in [-0.05, 0) is 31.5 Å². The molecular weight excluding hydrogens is 264 g/mol. The van der Waals surface area contributed by atoms with Crippen LogP contribution in [0.2, 0.25) is 0 Å². The van der Waals surface area contributed by atoms with Gasteiger partial charge in [-0.2, -0.15) is 5.10 Å². The fraction of sp³-hybridized carbons (Fsp3) is 0.375. The summed E-state index contributed by atoms with van der Waals surface area (Å²) in [5.41, 5.74) is 9.37. The number of benzene rings is 1. The topological polar surface area (TPSA) is 64.2 Å². The van der Waals surface area contributed by atoms with Gasteiger partial charge < -0.3 is 10.6 Å². The van der Waals surface area contributed by atoms with Crippen molar-refractivity contribution >= 4 is 11.6 Å². The molecule has 0 spiro atoms. The van der Waals surface area contributed by atoms with Crippen LogP contribution < -0.4 is 10.6 Å². The number of carbonyl (C=O) groups is 1. The first-order chi connectivity index (χ1) is 10.1. The van der Waals surface area contributed by atoms with Crippen LogP contribution in [-0.4, -0.2) is 28.8 Å². The van der Waals surface area contributed by atoms with Crippen LogP contribution in [0.1, 0.15) is 34.0 Å². The molecule has 1 aliphatic rings. The second-order valence-corrected chi connectivity index (χ2v) is 5.55. The van der Waals surface area contributed by atoms with E-state index in [1.165, 1.54) is 5.56 Å². The third kappa shape index (κ3) is 2.34. The van der Waals surface area contributed by atoms with Crippen LogP contribution in [0.15, 0.2) is 30.5 Å². The lowest BCUT2D eigenvalue weighted by Crippen LogP contribution is -2.30. The molecular formula is C16H20N4O. The Bertz CT molecular complexity index is 677. The van der Waals surface area contributed by atoms with E-state index in [4.69, 9.17) is 5.73 Å². The number of para-hydroxylation sites is 1. The fourth-order valence-corrected chi connectivity index (χ4v) is 3.09. The number of nitrogens with zero attached hydrogens (tertiary/aromatic N) is 3. The summed E-state index contributed by atoms with van der Waals surface area (Å²) in [4.78, 5) is 14.7. The average molecular weight is 284 g/mol. The molecule has 3 rings (SSSR count). The van der Waals surface area contributed by atoms with E-state index >= 15 is 0 Å². The van der Waals surface area contributed by atoms with Crippen LogP contribution in [-0.2, 0) is 7.05 Å². The van der Waals surface area contributed by atoms with Gasteiger partial charge in [-0.25, -0.2) is 0 Å². The monoisotopic (exact) mass is 284 g/mol. The Balaban J connectivity index is 1.96. The maximum Gasteiger partial charge on any atom is 0.261 e. The zero-order valence-electron chi connectivity index (χ0n) is 12.4. The van der Waals surface area contributed by atoms with E-state index in [9.17, 15) is 4.79 Å². The number of nitrogens with two attached hydrogens (primary N) is 1. The molecule has 2 N–H and O–H groups in total.